The molecular formula is C19H15FN4O2. The molecule has 2 aromatic heterocycles. The molecule has 1 atom stereocenters. The fourth-order valence-corrected chi connectivity index (χ4v) is 3.14. The third-order valence-electron chi connectivity index (χ3n) is 4.41. The number of hydrogen-bond acceptors (Lipinski definition) is 5. The van der Waals surface area contributed by atoms with Gasteiger partial charge in [0.1, 0.15) is 29.0 Å². The predicted molar refractivity (Wildman–Crippen MR) is 91.4 cm³/mol. The average Bonchev–Trinajstić information content (AvgIpc) is 3.28. The van der Waals surface area contributed by atoms with Crippen molar-refractivity contribution in [3.63, 3.8) is 0 Å². The summed E-state index contributed by atoms with van der Waals surface area (Å²) in [4.78, 5) is 0. The third-order valence-corrected chi connectivity index (χ3v) is 4.41. The Morgan fingerprint density at radius 2 is 2.04 bits per heavy atom. The van der Waals surface area contributed by atoms with Crippen LogP contribution in [0.4, 0.5) is 4.39 Å². The highest BCUT2D eigenvalue weighted by Gasteiger charge is 2.36. The molecule has 4 rings (SSSR count). The highest BCUT2D eigenvalue weighted by Crippen LogP contribution is 2.44. The summed E-state index contributed by atoms with van der Waals surface area (Å²) in [5, 5.41) is 16.7. The number of rotatable bonds is 3. The minimum absolute atomic E-state index is 0.0129. The van der Waals surface area contributed by atoms with Crippen molar-refractivity contribution in [2.75, 3.05) is 0 Å². The topological polar surface area (TPSA) is 101 Å². The lowest BCUT2D eigenvalue weighted by atomic mass is 9.87. The van der Waals surface area contributed by atoms with Crippen LogP contribution in [-0.4, -0.2) is 10.2 Å². The lowest BCUT2D eigenvalue weighted by Crippen LogP contribution is -2.21. The molecule has 0 aliphatic carbocycles. The normalized spacial score (nSPS) is 16.1. The zero-order chi connectivity index (χ0) is 18.3. The summed E-state index contributed by atoms with van der Waals surface area (Å²) in [5.74, 6) is 0.659. The SMILES string of the molecule is CCc1[nH]nc2c1[C@H](c1ccc(-c3ccc(F)cc3)o1)C(C#N)=C(N)O2. The van der Waals surface area contributed by atoms with Crippen molar-refractivity contribution in [3.8, 4) is 23.3 Å². The molecule has 1 aliphatic rings. The Labute approximate surface area is 148 Å². The second-order valence-corrected chi connectivity index (χ2v) is 5.91. The van der Waals surface area contributed by atoms with Crippen LogP contribution in [0.1, 0.15) is 29.9 Å². The van der Waals surface area contributed by atoms with E-state index >= 15 is 0 Å². The number of aromatic nitrogens is 2. The van der Waals surface area contributed by atoms with Crippen LogP contribution in [0.15, 0.2) is 52.3 Å². The first-order valence-electron chi connectivity index (χ1n) is 8.12. The van der Waals surface area contributed by atoms with Gasteiger partial charge in [-0.25, -0.2) is 4.39 Å². The fourth-order valence-electron chi connectivity index (χ4n) is 3.14. The molecule has 6 nitrogen and oxygen atoms in total. The van der Waals surface area contributed by atoms with Crippen LogP contribution in [-0.2, 0) is 6.42 Å². The number of hydrogen-bond donors (Lipinski definition) is 2. The number of aryl methyl sites for hydroxylation is 1. The molecule has 0 amide bonds. The largest absolute Gasteiger partial charge is 0.460 e. The van der Waals surface area contributed by atoms with E-state index in [9.17, 15) is 9.65 Å². The lowest BCUT2D eigenvalue weighted by Gasteiger charge is -2.21. The Hall–Kier alpha value is -3.53. The van der Waals surface area contributed by atoms with Gasteiger partial charge < -0.3 is 14.9 Å². The molecule has 3 N–H and O–H groups in total. The van der Waals surface area contributed by atoms with E-state index in [1.807, 2.05) is 6.92 Å². The van der Waals surface area contributed by atoms with E-state index in [2.05, 4.69) is 16.3 Å². The maximum Gasteiger partial charge on any atom is 0.244 e. The second kappa shape index (κ2) is 6.08. The molecule has 7 heteroatoms. The molecule has 0 unspecified atom stereocenters. The van der Waals surface area contributed by atoms with Gasteiger partial charge in [0.2, 0.25) is 11.8 Å². The summed E-state index contributed by atoms with van der Waals surface area (Å²) in [6.45, 7) is 1.98. The standard InChI is InChI=1S/C19H15FN4O2/c1-2-13-17-16(12(9-21)18(22)26-19(17)24-23-13)15-8-7-14(25-15)10-3-5-11(20)6-4-10/h3-8,16H,2,22H2,1H3,(H,23,24)/t16-/m0/s1. The Morgan fingerprint density at radius 3 is 2.73 bits per heavy atom. The van der Waals surface area contributed by atoms with Crippen molar-refractivity contribution in [3.05, 3.63) is 70.7 Å². The van der Waals surface area contributed by atoms with Crippen molar-refractivity contribution >= 4 is 0 Å². The maximum absolute atomic E-state index is 13.1. The van der Waals surface area contributed by atoms with Crippen LogP contribution in [0.3, 0.4) is 0 Å². The second-order valence-electron chi connectivity index (χ2n) is 5.91. The number of aromatic amines is 1. The van der Waals surface area contributed by atoms with Crippen molar-refractivity contribution in [2.24, 2.45) is 5.73 Å². The summed E-state index contributed by atoms with van der Waals surface area (Å²) in [6.07, 6.45) is 0.687. The fraction of sp³-hybridized carbons (Fsp3) is 0.158. The Kier molecular flexibility index (Phi) is 3.73. The number of furan rings is 1. The molecule has 0 fully saturated rings. The summed E-state index contributed by atoms with van der Waals surface area (Å²) in [5.41, 5.74) is 8.53. The van der Waals surface area contributed by atoms with Gasteiger partial charge in [0.05, 0.1) is 11.5 Å². The summed E-state index contributed by atoms with van der Waals surface area (Å²) < 4.78 is 24.6. The quantitative estimate of drug-likeness (QED) is 0.752. The van der Waals surface area contributed by atoms with Gasteiger partial charge in [-0.05, 0) is 42.8 Å². The number of nitrogens with zero attached hydrogens (tertiary/aromatic N) is 2. The zero-order valence-corrected chi connectivity index (χ0v) is 13.9. The van der Waals surface area contributed by atoms with Crippen LogP contribution in [0.2, 0.25) is 0 Å². The average molecular weight is 350 g/mol. The Bertz CT molecular complexity index is 1040. The third kappa shape index (κ3) is 2.43. The molecule has 0 saturated carbocycles. The van der Waals surface area contributed by atoms with Gasteiger partial charge in [-0.3, -0.25) is 5.10 Å². The predicted octanol–water partition coefficient (Wildman–Crippen LogP) is 3.59. The summed E-state index contributed by atoms with van der Waals surface area (Å²) in [7, 11) is 0. The number of benzene rings is 1. The molecular weight excluding hydrogens is 335 g/mol. The first kappa shape index (κ1) is 16.0. The highest BCUT2D eigenvalue weighted by molar-refractivity contribution is 5.59. The number of nitrogens with two attached hydrogens (primary N) is 1. The van der Waals surface area contributed by atoms with E-state index in [0.717, 1.165) is 16.8 Å². The molecule has 3 aromatic rings. The molecule has 1 aliphatic heterocycles. The van der Waals surface area contributed by atoms with Gasteiger partial charge in [0.25, 0.3) is 0 Å². The van der Waals surface area contributed by atoms with E-state index in [-0.39, 0.29) is 17.3 Å². The van der Waals surface area contributed by atoms with Gasteiger partial charge in [-0.1, -0.05) is 6.92 Å². The van der Waals surface area contributed by atoms with Gasteiger partial charge in [0.15, 0.2) is 0 Å². The van der Waals surface area contributed by atoms with Crippen LogP contribution in [0.5, 0.6) is 5.88 Å². The number of halogens is 1. The van der Waals surface area contributed by atoms with E-state index in [4.69, 9.17) is 14.9 Å². The first-order chi connectivity index (χ1) is 12.6. The number of nitrogens with one attached hydrogen (secondary N) is 1. The number of allylic oxidation sites excluding steroid dienone is 1. The molecule has 3 heterocycles. The molecule has 0 radical (unpaired) electrons. The van der Waals surface area contributed by atoms with Crippen LogP contribution >= 0.6 is 0 Å². The maximum atomic E-state index is 13.1. The highest BCUT2D eigenvalue weighted by atomic mass is 19.1. The summed E-state index contributed by atoms with van der Waals surface area (Å²) in [6, 6.07) is 11.7. The van der Waals surface area contributed by atoms with Crippen molar-refractivity contribution < 1.29 is 13.5 Å². The number of nitriles is 1. The van der Waals surface area contributed by atoms with Crippen molar-refractivity contribution in [2.45, 2.75) is 19.3 Å². The Morgan fingerprint density at radius 1 is 1.27 bits per heavy atom. The number of ether oxygens (including phenoxy) is 1. The molecule has 0 saturated heterocycles. The van der Waals surface area contributed by atoms with E-state index in [0.29, 0.717) is 23.8 Å². The Balaban J connectivity index is 1.83. The minimum atomic E-state index is -0.508. The van der Waals surface area contributed by atoms with Crippen LogP contribution < -0.4 is 10.5 Å². The number of H-pyrrole nitrogens is 1. The van der Waals surface area contributed by atoms with Gasteiger partial charge in [-0.15, -0.1) is 5.10 Å². The molecule has 0 spiro atoms. The molecule has 1 aromatic carbocycles. The van der Waals surface area contributed by atoms with Gasteiger partial charge in [-0.2, -0.15) is 5.26 Å². The lowest BCUT2D eigenvalue weighted by molar-refractivity contribution is 0.371. The first-order valence-corrected chi connectivity index (χ1v) is 8.12. The van der Waals surface area contributed by atoms with Crippen molar-refractivity contribution in [1.29, 1.82) is 5.26 Å². The molecule has 26 heavy (non-hydrogen) atoms. The monoisotopic (exact) mass is 350 g/mol. The molecule has 0 bridgehead atoms. The van der Waals surface area contributed by atoms with E-state index in [1.54, 1.807) is 24.3 Å². The van der Waals surface area contributed by atoms with E-state index in [1.165, 1.54) is 12.1 Å². The zero-order valence-electron chi connectivity index (χ0n) is 13.9. The van der Waals surface area contributed by atoms with Gasteiger partial charge in [0, 0.05) is 11.3 Å². The number of fused-ring (bicyclic) bond motifs is 1. The minimum Gasteiger partial charge on any atom is -0.460 e. The van der Waals surface area contributed by atoms with Crippen LogP contribution in [0.25, 0.3) is 11.3 Å². The van der Waals surface area contributed by atoms with E-state index < -0.39 is 5.92 Å². The van der Waals surface area contributed by atoms with Crippen molar-refractivity contribution in [1.82, 2.24) is 10.2 Å². The summed E-state index contributed by atoms with van der Waals surface area (Å²) >= 11 is 0. The van der Waals surface area contributed by atoms with Gasteiger partial charge >= 0.3 is 0 Å². The smallest absolute Gasteiger partial charge is 0.244 e. The van der Waals surface area contributed by atoms with Crippen LogP contribution in [0, 0.1) is 17.1 Å². The molecule has 130 valence electrons.